The lowest BCUT2D eigenvalue weighted by atomic mass is 9.96. The summed E-state index contributed by atoms with van der Waals surface area (Å²) in [5, 5.41) is 5.14. The molecule has 0 spiro atoms. The van der Waals surface area contributed by atoms with Crippen LogP contribution in [-0.4, -0.2) is 89.6 Å². The summed E-state index contributed by atoms with van der Waals surface area (Å²) >= 11 is 0. The van der Waals surface area contributed by atoms with Crippen LogP contribution in [0.1, 0.15) is 69.8 Å². The SMILES string of the molecule is COc1ccc(CCn2c(CCN3C(=O)c4ccccc4C3=O)nc3ccc(CCc4cccc5c4C(=O)N(CCc4nc6ccccc6c(=O)n4CCn4cccn4)C5=O)cc3c2=O)cc1OC. The molecule has 10 rings (SSSR count). The Balaban J connectivity index is 0.889. The van der Waals surface area contributed by atoms with Crippen LogP contribution in [-0.2, 0) is 51.7 Å². The van der Waals surface area contributed by atoms with Gasteiger partial charge >= 0.3 is 0 Å². The summed E-state index contributed by atoms with van der Waals surface area (Å²) in [4.78, 5) is 95.0. The van der Waals surface area contributed by atoms with E-state index in [1.54, 1.807) is 94.9 Å². The van der Waals surface area contributed by atoms with Gasteiger partial charge in [0, 0.05) is 51.4 Å². The van der Waals surface area contributed by atoms with Crippen molar-refractivity contribution in [1.29, 1.82) is 0 Å². The van der Waals surface area contributed by atoms with E-state index in [2.05, 4.69) is 5.10 Å². The Morgan fingerprint density at radius 1 is 0.478 bits per heavy atom. The van der Waals surface area contributed by atoms with E-state index in [9.17, 15) is 28.8 Å². The van der Waals surface area contributed by atoms with Crippen LogP contribution in [0.2, 0.25) is 0 Å². The van der Waals surface area contributed by atoms with E-state index in [0.29, 0.717) is 105 Å². The minimum Gasteiger partial charge on any atom is -0.493 e. The van der Waals surface area contributed by atoms with Crippen molar-refractivity contribution < 1.29 is 28.7 Å². The van der Waals surface area contributed by atoms with Gasteiger partial charge in [0.15, 0.2) is 11.5 Å². The van der Waals surface area contributed by atoms with Gasteiger partial charge < -0.3 is 9.47 Å². The van der Waals surface area contributed by atoms with Gasteiger partial charge in [-0.3, -0.25) is 52.4 Å². The van der Waals surface area contributed by atoms with Crippen LogP contribution >= 0.6 is 0 Å². The Morgan fingerprint density at radius 3 is 1.80 bits per heavy atom. The number of ether oxygens (including phenoxy) is 2. The molecule has 2 aliphatic heterocycles. The minimum absolute atomic E-state index is 0.0224. The van der Waals surface area contributed by atoms with Crippen molar-refractivity contribution in [1.82, 2.24) is 38.7 Å². The molecule has 5 aromatic carbocycles. The van der Waals surface area contributed by atoms with Crippen molar-refractivity contribution >= 4 is 45.4 Å². The molecule has 0 fully saturated rings. The number of carbonyl (C=O) groups is 4. The van der Waals surface area contributed by atoms with Crippen molar-refractivity contribution in [3.63, 3.8) is 0 Å². The van der Waals surface area contributed by atoms with Gasteiger partial charge in [0.2, 0.25) is 0 Å². The standard InChI is InChI=1S/C53H46N8O8/c1-68-43-20-17-34(32-44(43)69-2)21-26-58-45(22-27-60-48(62)36-10-3-4-11-37(36)49(60)63)56-42-19-16-33(31-40(42)52(58)66)15-18-35-9-7-13-39-47(35)53(67)61(51(39)65)28-23-46-55-41-14-6-5-12-38(41)50(64)59(46)30-29-57-25-8-24-54-57/h3-14,16-17,19-20,24-25,31-32H,15,18,21-23,26-30H2,1-2H3. The van der Waals surface area contributed by atoms with E-state index in [1.165, 1.54) is 9.80 Å². The number of rotatable bonds is 17. The van der Waals surface area contributed by atoms with Crippen LogP contribution in [0.3, 0.4) is 0 Å². The number of nitrogens with zero attached hydrogens (tertiary/aromatic N) is 8. The van der Waals surface area contributed by atoms with Gasteiger partial charge in [-0.1, -0.05) is 48.5 Å². The summed E-state index contributed by atoms with van der Waals surface area (Å²) in [6.45, 7) is 1.05. The van der Waals surface area contributed by atoms with Crippen LogP contribution in [0.4, 0.5) is 0 Å². The number of aryl methyl sites for hydroxylation is 4. The lowest BCUT2D eigenvalue weighted by Gasteiger charge is -2.18. The molecule has 4 amide bonds. The molecule has 0 aliphatic carbocycles. The fourth-order valence-corrected chi connectivity index (χ4v) is 9.40. The molecule has 0 saturated carbocycles. The molecule has 16 heteroatoms. The fourth-order valence-electron chi connectivity index (χ4n) is 9.40. The number of carbonyl (C=O) groups excluding carboxylic acids is 4. The summed E-state index contributed by atoms with van der Waals surface area (Å²) in [5.41, 5.74) is 4.30. The highest BCUT2D eigenvalue weighted by atomic mass is 16.5. The first-order valence-corrected chi connectivity index (χ1v) is 22.7. The topological polar surface area (TPSA) is 181 Å². The van der Waals surface area contributed by atoms with Crippen molar-refractivity contribution in [2.24, 2.45) is 0 Å². The molecule has 0 unspecified atom stereocenters. The Kier molecular flexibility index (Phi) is 12.0. The second-order valence-electron chi connectivity index (χ2n) is 17.0. The minimum atomic E-state index is -0.411. The number of imide groups is 2. The maximum absolute atomic E-state index is 14.6. The number of methoxy groups -OCH3 is 2. The third-order valence-corrected chi connectivity index (χ3v) is 13.0. The Bertz CT molecular complexity index is 3450. The van der Waals surface area contributed by atoms with E-state index in [4.69, 9.17) is 19.4 Å². The second-order valence-corrected chi connectivity index (χ2v) is 17.0. The maximum atomic E-state index is 14.6. The number of hydrogen-bond acceptors (Lipinski definition) is 11. The first-order valence-electron chi connectivity index (χ1n) is 22.7. The largest absolute Gasteiger partial charge is 0.493 e. The zero-order valence-electron chi connectivity index (χ0n) is 38.0. The molecule has 8 aromatic rings. The van der Waals surface area contributed by atoms with Gasteiger partial charge in [0.1, 0.15) is 11.6 Å². The van der Waals surface area contributed by atoms with Crippen LogP contribution < -0.4 is 20.6 Å². The molecule has 16 nitrogen and oxygen atoms in total. The zero-order valence-corrected chi connectivity index (χ0v) is 38.0. The van der Waals surface area contributed by atoms with E-state index in [0.717, 1.165) is 11.1 Å². The Hall–Kier alpha value is -8.53. The van der Waals surface area contributed by atoms with Gasteiger partial charge in [-0.15, -0.1) is 0 Å². The van der Waals surface area contributed by atoms with Gasteiger partial charge in [0.05, 0.1) is 64.8 Å². The van der Waals surface area contributed by atoms with Crippen molar-refractivity contribution in [3.05, 3.63) is 193 Å². The molecule has 0 atom stereocenters. The summed E-state index contributed by atoms with van der Waals surface area (Å²) in [5.74, 6) is 0.437. The van der Waals surface area contributed by atoms with Crippen LogP contribution in [0.25, 0.3) is 21.8 Å². The predicted octanol–water partition coefficient (Wildman–Crippen LogP) is 5.73. The lowest BCUT2D eigenvalue weighted by Crippen LogP contribution is -2.34. The molecule has 5 heterocycles. The van der Waals surface area contributed by atoms with Crippen molar-refractivity contribution in [2.75, 3.05) is 27.3 Å². The number of aromatic nitrogens is 6. The highest BCUT2D eigenvalue weighted by Gasteiger charge is 2.38. The summed E-state index contributed by atoms with van der Waals surface area (Å²) < 4.78 is 15.9. The van der Waals surface area contributed by atoms with Gasteiger partial charge in [-0.05, 0) is 96.6 Å². The molecule has 2 aliphatic rings. The normalized spacial score (nSPS) is 13.2. The summed E-state index contributed by atoms with van der Waals surface area (Å²) in [6, 6.07) is 32.0. The second kappa shape index (κ2) is 18.6. The van der Waals surface area contributed by atoms with E-state index in [-0.39, 0.29) is 55.4 Å². The molecule has 346 valence electrons. The molecule has 0 radical (unpaired) electrons. The lowest BCUT2D eigenvalue weighted by molar-refractivity contribution is 0.0639. The summed E-state index contributed by atoms with van der Waals surface area (Å²) in [6.07, 6.45) is 5.10. The number of benzene rings is 5. The number of fused-ring (bicyclic) bond motifs is 4. The summed E-state index contributed by atoms with van der Waals surface area (Å²) in [7, 11) is 3.12. The average molecular weight is 923 g/mol. The smallest absolute Gasteiger partial charge is 0.261 e. The molecule has 0 bridgehead atoms. The fraction of sp³-hybridized carbons (Fsp3) is 0.226. The average Bonchev–Trinajstić information content (AvgIpc) is 4.06. The number of para-hydroxylation sites is 1. The molecule has 0 saturated heterocycles. The van der Waals surface area contributed by atoms with E-state index < -0.39 is 11.8 Å². The Morgan fingerprint density at radius 2 is 1.09 bits per heavy atom. The molecular formula is C53H46N8O8. The molecule has 3 aromatic heterocycles. The van der Waals surface area contributed by atoms with Gasteiger partial charge in [0.25, 0.3) is 34.7 Å². The monoisotopic (exact) mass is 922 g/mol. The van der Waals surface area contributed by atoms with Crippen molar-refractivity contribution in [3.8, 4) is 11.5 Å². The van der Waals surface area contributed by atoms with Crippen LogP contribution in [0.5, 0.6) is 11.5 Å². The third kappa shape index (κ3) is 8.34. The highest BCUT2D eigenvalue weighted by molar-refractivity contribution is 6.22. The van der Waals surface area contributed by atoms with E-state index >= 15 is 0 Å². The number of hydrogen-bond donors (Lipinski definition) is 0. The predicted molar refractivity (Wildman–Crippen MR) is 256 cm³/mol. The first-order chi connectivity index (χ1) is 33.6. The molecular weight excluding hydrogens is 877 g/mol. The third-order valence-electron chi connectivity index (χ3n) is 13.0. The highest BCUT2D eigenvalue weighted by Crippen LogP contribution is 2.30. The van der Waals surface area contributed by atoms with Crippen molar-refractivity contribution in [2.45, 2.75) is 51.7 Å². The van der Waals surface area contributed by atoms with Crippen LogP contribution in [0, 0.1) is 0 Å². The maximum Gasteiger partial charge on any atom is 0.261 e. The molecule has 69 heavy (non-hydrogen) atoms. The van der Waals surface area contributed by atoms with Gasteiger partial charge in [-0.2, -0.15) is 5.10 Å². The first kappa shape index (κ1) is 44.3. The van der Waals surface area contributed by atoms with Crippen LogP contribution in [0.15, 0.2) is 131 Å². The van der Waals surface area contributed by atoms with Gasteiger partial charge in [-0.25, -0.2) is 9.97 Å². The zero-order chi connectivity index (χ0) is 47.8. The Labute approximate surface area is 395 Å². The van der Waals surface area contributed by atoms with E-state index in [1.807, 2.05) is 54.7 Å². The number of amides is 4. The quantitative estimate of drug-likeness (QED) is 0.102. The molecule has 0 N–H and O–H groups in total.